The molecule has 0 unspecified atom stereocenters. The van der Waals surface area contributed by atoms with Crippen molar-refractivity contribution in [3.05, 3.63) is 59.8 Å². The summed E-state index contributed by atoms with van der Waals surface area (Å²) in [4.78, 5) is 11.4. The first-order chi connectivity index (χ1) is 9.16. The highest BCUT2D eigenvalue weighted by Crippen LogP contribution is 2.32. The smallest absolute Gasteiger partial charge is 0.416 e. The standard InChI is InChI=1S/C15H10ClNO2/c16-12-7-6-11-9-17(15(18)19)14(13(11)8-12)10-4-2-1-3-5-10/h1-9H,(H,18,19). The molecule has 0 bridgehead atoms. The molecule has 3 nitrogen and oxygen atoms in total. The Hall–Kier alpha value is -2.26. The Morgan fingerprint density at radius 3 is 2.53 bits per heavy atom. The van der Waals surface area contributed by atoms with Crippen LogP contribution < -0.4 is 0 Å². The van der Waals surface area contributed by atoms with Gasteiger partial charge in [-0.25, -0.2) is 4.79 Å². The molecule has 2 aromatic carbocycles. The van der Waals surface area contributed by atoms with Crippen molar-refractivity contribution in [1.82, 2.24) is 4.57 Å². The lowest BCUT2D eigenvalue weighted by Gasteiger charge is -2.05. The summed E-state index contributed by atoms with van der Waals surface area (Å²) >= 11 is 6.01. The van der Waals surface area contributed by atoms with Gasteiger partial charge in [0.25, 0.3) is 0 Å². The predicted molar refractivity (Wildman–Crippen MR) is 75.8 cm³/mol. The molecule has 3 aromatic rings. The summed E-state index contributed by atoms with van der Waals surface area (Å²) in [6.45, 7) is 0. The first-order valence-corrected chi connectivity index (χ1v) is 6.14. The average Bonchev–Trinajstić information content (AvgIpc) is 2.78. The van der Waals surface area contributed by atoms with Gasteiger partial charge in [-0.05, 0) is 17.7 Å². The lowest BCUT2D eigenvalue weighted by molar-refractivity contribution is 0.197. The summed E-state index contributed by atoms with van der Waals surface area (Å²) in [5.41, 5.74) is 1.49. The molecular formula is C15H10ClNO2. The van der Waals surface area contributed by atoms with Crippen LogP contribution in [0.4, 0.5) is 4.79 Å². The Labute approximate surface area is 114 Å². The van der Waals surface area contributed by atoms with Gasteiger partial charge in [-0.3, -0.25) is 4.57 Å². The Morgan fingerprint density at radius 2 is 1.84 bits per heavy atom. The van der Waals surface area contributed by atoms with Gasteiger partial charge in [0.05, 0.1) is 5.69 Å². The van der Waals surface area contributed by atoms with Crippen molar-refractivity contribution in [3.8, 4) is 11.3 Å². The quantitative estimate of drug-likeness (QED) is 0.709. The van der Waals surface area contributed by atoms with Gasteiger partial charge in [-0.1, -0.05) is 48.0 Å². The number of hydrogen-bond donors (Lipinski definition) is 1. The van der Waals surface area contributed by atoms with E-state index in [2.05, 4.69) is 0 Å². The molecule has 0 saturated carbocycles. The van der Waals surface area contributed by atoms with Crippen molar-refractivity contribution in [2.75, 3.05) is 0 Å². The van der Waals surface area contributed by atoms with Crippen molar-refractivity contribution < 1.29 is 9.90 Å². The largest absolute Gasteiger partial charge is 0.464 e. The molecule has 0 amide bonds. The Balaban J connectivity index is 2.40. The Bertz CT molecular complexity index is 762. The molecule has 0 aliphatic rings. The third kappa shape index (κ3) is 1.98. The third-order valence-electron chi connectivity index (χ3n) is 3.03. The van der Waals surface area contributed by atoms with Crippen molar-refractivity contribution in [2.24, 2.45) is 0 Å². The highest BCUT2D eigenvalue weighted by atomic mass is 35.5. The van der Waals surface area contributed by atoms with Crippen LogP contribution >= 0.6 is 11.6 Å². The highest BCUT2D eigenvalue weighted by molar-refractivity contribution is 6.31. The summed E-state index contributed by atoms with van der Waals surface area (Å²) in [5, 5.41) is 11.6. The minimum atomic E-state index is -1.01. The number of halogens is 1. The molecule has 1 heterocycles. The van der Waals surface area contributed by atoms with Gasteiger partial charge in [0, 0.05) is 22.0 Å². The maximum atomic E-state index is 11.4. The molecule has 0 saturated heterocycles. The molecule has 0 fully saturated rings. The van der Waals surface area contributed by atoms with E-state index >= 15 is 0 Å². The normalized spacial score (nSPS) is 10.8. The van der Waals surface area contributed by atoms with Gasteiger partial charge in [-0.2, -0.15) is 0 Å². The topological polar surface area (TPSA) is 42.2 Å². The molecular weight excluding hydrogens is 262 g/mol. The maximum Gasteiger partial charge on any atom is 0.416 e. The predicted octanol–water partition coefficient (Wildman–Crippen LogP) is 4.49. The molecule has 94 valence electrons. The summed E-state index contributed by atoms with van der Waals surface area (Å²) < 4.78 is 1.23. The van der Waals surface area contributed by atoms with Gasteiger partial charge in [-0.15, -0.1) is 0 Å². The van der Waals surface area contributed by atoms with Gasteiger partial charge in [0.2, 0.25) is 0 Å². The molecule has 0 aliphatic heterocycles. The van der Waals surface area contributed by atoms with E-state index in [9.17, 15) is 9.90 Å². The number of nitrogens with zero attached hydrogens (tertiary/aromatic N) is 1. The second-order valence-electron chi connectivity index (χ2n) is 4.23. The minimum absolute atomic E-state index is 0.591. The van der Waals surface area contributed by atoms with Crippen molar-refractivity contribution in [2.45, 2.75) is 0 Å². The highest BCUT2D eigenvalue weighted by Gasteiger charge is 2.15. The summed E-state index contributed by atoms with van der Waals surface area (Å²) in [6, 6.07) is 14.8. The third-order valence-corrected chi connectivity index (χ3v) is 3.27. The zero-order valence-corrected chi connectivity index (χ0v) is 10.6. The van der Waals surface area contributed by atoms with E-state index in [1.165, 1.54) is 4.57 Å². The molecule has 0 aliphatic carbocycles. The van der Waals surface area contributed by atoms with Crippen LogP contribution in [0.2, 0.25) is 5.02 Å². The fourth-order valence-corrected chi connectivity index (χ4v) is 2.39. The van der Waals surface area contributed by atoms with Crippen LogP contribution in [-0.4, -0.2) is 15.8 Å². The number of carboxylic acid groups (broad SMARTS) is 1. The SMILES string of the molecule is O=C(O)n1cc2ccc(Cl)cc2c1-c1ccccc1. The van der Waals surface area contributed by atoms with E-state index in [4.69, 9.17) is 11.6 Å². The lowest BCUT2D eigenvalue weighted by Crippen LogP contribution is -2.07. The molecule has 1 N–H and O–H groups in total. The molecule has 19 heavy (non-hydrogen) atoms. The van der Waals surface area contributed by atoms with E-state index in [0.717, 1.165) is 16.3 Å². The lowest BCUT2D eigenvalue weighted by atomic mass is 10.1. The number of fused-ring (bicyclic) bond motifs is 1. The van der Waals surface area contributed by atoms with Crippen molar-refractivity contribution in [1.29, 1.82) is 0 Å². The summed E-state index contributed by atoms with van der Waals surface area (Å²) in [5.74, 6) is 0. The zero-order valence-electron chi connectivity index (χ0n) is 9.88. The second kappa shape index (κ2) is 4.44. The molecule has 0 radical (unpaired) electrons. The number of carbonyl (C=O) groups is 1. The number of rotatable bonds is 1. The molecule has 3 rings (SSSR count). The average molecular weight is 272 g/mol. The Kier molecular flexibility index (Phi) is 2.76. The van der Waals surface area contributed by atoms with Crippen LogP contribution in [0, 0.1) is 0 Å². The van der Waals surface area contributed by atoms with Crippen LogP contribution in [0.1, 0.15) is 0 Å². The number of benzene rings is 2. The molecule has 1 aromatic heterocycles. The second-order valence-corrected chi connectivity index (χ2v) is 4.66. The molecule has 4 heteroatoms. The van der Waals surface area contributed by atoms with Crippen molar-refractivity contribution >= 4 is 28.5 Å². The van der Waals surface area contributed by atoms with Crippen LogP contribution in [0.3, 0.4) is 0 Å². The molecule has 0 atom stereocenters. The van der Waals surface area contributed by atoms with Crippen LogP contribution in [0.5, 0.6) is 0 Å². The molecule has 0 spiro atoms. The van der Waals surface area contributed by atoms with Gasteiger partial charge in [0.15, 0.2) is 0 Å². The first kappa shape index (κ1) is 11.8. The van der Waals surface area contributed by atoms with E-state index in [0.29, 0.717) is 10.7 Å². The van der Waals surface area contributed by atoms with E-state index in [1.54, 1.807) is 18.3 Å². The van der Waals surface area contributed by atoms with Gasteiger partial charge >= 0.3 is 6.09 Å². The number of hydrogen-bond acceptors (Lipinski definition) is 1. The monoisotopic (exact) mass is 271 g/mol. The van der Waals surface area contributed by atoms with Crippen molar-refractivity contribution in [3.63, 3.8) is 0 Å². The van der Waals surface area contributed by atoms with E-state index in [1.807, 2.05) is 36.4 Å². The van der Waals surface area contributed by atoms with Gasteiger partial charge in [0.1, 0.15) is 0 Å². The van der Waals surface area contributed by atoms with E-state index in [-0.39, 0.29) is 0 Å². The van der Waals surface area contributed by atoms with Crippen LogP contribution in [-0.2, 0) is 0 Å². The van der Waals surface area contributed by atoms with Crippen LogP contribution in [0.15, 0.2) is 54.7 Å². The Morgan fingerprint density at radius 1 is 1.11 bits per heavy atom. The fourth-order valence-electron chi connectivity index (χ4n) is 2.22. The zero-order chi connectivity index (χ0) is 13.4. The fraction of sp³-hybridized carbons (Fsp3) is 0. The first-order valence-electron chi connectivity index (χ1n) is 5.76. The van der Waals surface area contributed by atoms with E-state index < -0.39 is 6.09 Å². The van der Waals surface area contributed by atoms with Gasteiger partial charge < -0.3 is 5.11 Å². The minimum Gasteiger partial charge on any atom is -0.464 e. The maximum absolute atomic E-state index is 11.4. The van der Waals surface area contributed by atoms with Crippen LogP contribution in [0.25, 0.3) is 22.0 Å². The summed E-state index contributed by atoms with van der Waals surface area (Å²) in [6.07, 6.45) is 0.599. The number of aromatic nitrogens is 1. The summed E-state index contributed by atoms with van der Waals surface area (Å²) in [7, 11) is 0.